The van der Waals surface area contributed by atoms with E-state index in [0.717, 1.165) is 0 Å². The van der Waals surface area contributed by atoms with E-state index in [-0.39, 0.29) is 38.8 Å². The Bertz CT molecular complexity index is 1040. The molecule has 0 spiro atoms. The lowest BCUT2D eigenvalue weighted by Gasteiger charge is -2.42. The van der Waals surface area contributed by atoms with Gasteiger partial charge in [0.1, 0.15) is 0 Å². The molecule has 0 unspecified atom stereocenters. The zero-order chi connectivity index (χ0) is 38.3. The number of carbonyl (C=O) groups is 2. The fourth-order valence-corrected chi connectivity index (χ4v) is 6.17. The van der Waals surface area contributed by atoms with Crippen molar-refractivity contribution in [2.75, 3.05) is 33.0 Å². The Labute approximate surface area is 262 Å². The number of alkyl halides is 17. The fraction of sp³-hybridized carbons (Fsp3) is 0.913. The van der Waals surface area contributed by atoms with Gasteiger partial charge in [-0.25, -0.2) is 0 Å². The van der Waals surface area contributed by atoms with Gasteiger partial charge in [0.2, 0.25) is 5.91 Å². The SMILES string of the molecule is CCO[Si](CCCNC(=O)CCC(=O)OCCC(F)(F)C(F)(F)C(F)(F)C(F)(F)C(F)(F)C(F)(F)C(F)(F)C(F)(F)F)(OCC)OCC. The average molecular weight is 768 g/mol. The number of amides is 1. The maximum Gasteiger partial charge on any atom is 0.500 e. The van der Waals surface area contributed by atoms with Crippen molar-refractivity contribution in [1.82, 2.24) is 5.32 Å². The Balaban J connectivity index is 5.36. The van der Waals surface area contributed by atoms with Crippen LogP contribution in [-0.4, -0.2) is 101 Å². The summed E-state index contributed by atoms with van der Waals surface area (Å²) in [6.07, 6.45) is -12.2. The van der Waals surface area contributed by atoms with Gasteiger partial charge in [-0.2, -0.15) is 74.6 Å². The lowest BCUT2D eigenvalue weighted by Crippen LogP contribution is -2.74. The normalized spacial score (nSPS) is 14.7. The third-order valence-electron chi connectivity index (χ3n) is 6.10. The summed E-state index contributed by atoms with van der Waals surface area (Å²) in [6.45, 7) is 3.69. The number of hydrogen-bond donors (Lipinski definition) is 1. The van der Waals surface area contributed by atoms with Gasteiger partial charge in [-0.15, -0.1) is 0 Å². The summed E-state index contributed by atoms with van der Waals surface area (Å²) >= 11 is 0. The molecule has 0 radical (unpaired) electrons. The summed E-state index contributed by atoms with van der Waals surface area (Å²) in [6, 6.07) is 0.245. The third-order valence-corrected chi connectivity index (χ3v) is 9.25. The van der Waals surface area contributed by atoms with Crippen LogP contribution in [0, 0.1) is 0 Å². The first-order valence-electron chi connectivity index (χ1n) is 13.5. The van der Waals surface area contributed by atoms with E-state index in [1.807, 2.05) is 0 Å². The van der Waals surface area contributed by atoms with Crippen molar-refractivity contribution in [3.05, 3.63) is 0 Å². The lowest BCUT2D eigenvalue weighted by molar-refractivity contribution is -0.461. The van der Waals surface area contributed by atoms with Crippen LogP contribution >= 0.6 is 0 Å². The molecule has 0 atom stereocenters. The van der Waals surface area contributed by atoms with E-state index < -0.39 is 94.2 Å². The summed E-state index contributed by atoms with van der Waals surface area (Å²) in [5.74, 6) is -59.8. The van der Waals surface area contributed by atoms with Gasteiger partial charge in [0.05, 0.1) is 19.4 Å². The Kier molecular flexibility index (Phi) is 15.5. The molecule has 0 aromatic carbocycles. The molecule has 0 aromatic heterocycles. The van der Waals surface area contributed by atoms with Crippen LogP contribution in [-0.2, 0) is 27.6 Å². The van der Waals surface area contributed by atoms with Gasteiger partial charge in [-0.3, -0.25) is 9.59 Å². The highest BCUT2D eigenvalue weighted by Gasteiger charge is 2.95. The quantitative estimate of drug-likeness (QED) is 0.0541. The van der Waals surface area contributed by atoms with Gasteiger partial charge < -0.3 is 23.3 Å². The largest absolute Gasteiger partial charge is 0.500 e. The molecule has 286 valence electrons. The van der Waals surface area contributed by atoms with Crippen molar-refractivity contribution >= 4 is 20.7 Å². The number of carbonyl (C=O) groups excluding carboxylic acids is 2. The Morgan fingerprint density at radius 1 is 0.583 bits per heavy atom. The lowest BCUT2D eigenvalue weighted by atomic mass is 9.88. The molecular formula is C23H30F17NO6Si. The van der Waals surface area contributed by atoms with Crippen LogP contribution in [0.25, 0.3) is 0 Å². The molecule has 0 aromatic rings. The molecule has 0 saturated heterocycles. The molecule has 1 N–H and O–H groups in total. The molecule has 0 rings (SSSR count). The molecule has 0 aliphatic rings. The highest BCUT2D eigenvalue weighted by atomic mass is 28.4. The molecule has 25 heteroatoms. The van der Waals surface area contributed by atoms with Crippen molar-refractivity contribution in [2.45, 2.75) is 100 Å². The Morgan fingerprint density at radius 3 is 1.38 bits per heavy atom. The second kappa shape index (κ2) is 16.2. The van der Waals surface area contributed by atoms with Gasteiger partial charge in [0.15, 0.2) is 0 Å². The molecule has 0 heterocycles. The average Bonchev–Trinajstić information content (AvgIpc) is 2.93. The summed E-state index contributed by atoms with van der Waals surface area (Å²) in [7, 11) is -3.07. The number of ether oxygens (including phenoxy) is 1. The number of hydrogen-bond acceptors (Lipinski definition) is 6. The topological polar surface area (TPSA) is 83.1 Å². The van der Waals surface area contributed by atoms with Crippen LogP contribution in [0.2, 0.25) is 6.04 Å². The van der Waals surface area contributed by atoms with Crippen LogP contribution < -0.4 is 5.32 Å². The monoisotopic (exact) mass is 767 g/mol. The molecule has 0 saturated carbocycles. The van der Waals surface area contributed by atoms with Crippen molar-refractivity contribution < 1.29 is 102 Å². The van der Waals surface area contributed by atoms with Crippen LogP contribution in [0.15, 0.2) is 0 Å². The molecule has 0 aliphatic carbocycles. The summed E-state index contributed by atoms with van der Waals surface area (Å²) in [4.78, 5) is 23.5. The molecule has 48 heavy (non-hydrogen) atoms. The summed E-state index contributed by atoms with van der Waals surface area (Å²) < 4.78 is 247. The predicted octanol–water partition coefficient (Wildman–Crippen LogP) is 7.26. The van der Waals surface area contributed by atoms with E-state index in [1.165, 1.54) is 0 Å². The van der Waals surface area contributed by atoms with Crippen LogP contribution in [0.3, 0.4) is 0 Å². The molecule has 1 amide bonds. The van der Waals surface area contributed by atoms with Crippen molar-refractivity contribution in [3.8, 4) is 0 Å². The second-order valence-electron chi connectivity index (χ2n) is 9.55. The van der Waals surface area contributed by atoms with Gasteiger partial charge in [-0.1, -0.05) is 0 Å². The number of esters is 1. The van der Waals surface area contributed by atoms with E-state index in [4.69, 9.17) is 13.3 Å². The standard InChI is InChI=1S/C23H30F17NO6Si/c1-4-45-48(46-5-2,47-6-3)13-7-11-41-14(42)8-9-15(43)44-12-10-16(24,25)17(26,27)18(28,29)19(30,31)20(32,33)21(34,35)22(36,37)23(38,39)40/h4-13H2,1-3H3,(H,41,42). The molecule has 7 nitrogen and oxygen atoms in total. The number of halogens is 17. The van der Waals surface area contributed by atoms with Crippen LogP contribution in [0.1, 0.15) is 46.5 Å². The van der Waals surface area contributed by atoms with Gasteiger partial charge in [0.25, 0.3) is 0 Å². The Morgan fingerprint density at radius 2 is 0.979 bits per heavy atom. The van der Waals surface area contributed by atoms with E-state index in [9.17, 15) is 84.2 Å². The fourth-order valence-electron chi connectivity index (χ4n) is 3.56. The molecular weight excluding hydrogens is 737 g/mol. The van der Waals surface area contributed by atoms with Gasteiger partial charge in [0, 0.05) is 38.8 Å². The second-order valence-corrected chi connectivity index (χ2v) is 12.3. The van der Waals surface area contributed by atoms with Crippen LogP contribution in [0.5, 0.6) is 0 Å². The highest BCUT2D eigenvalue weighted by molar-refractivity contribution is 6.60. The first-order valence-corrected chi connectivity index (χ1v) is 15.4. The first-order chi connectivity index (χ1) is 21.4. The van der Waals surface area contributed by atoms with Crippen LogP contribution in [0.4, 0.5) is 74.6 Å². The minimum absolute atomic E-state index is 0.0329. The van der Waals surface area contributed by atoms with E-state index in [1.54, 1.807) is 20.8 Å². The number of rotatable bonds is 22. The molecule has 0 bridgehead atoms. The highest BCUT2D eigenvalue weighted by Crippen LogP contribution is 2.64. The summed E-state index contributed by atoms with van der Waals surface area (Å²) in [5.41, 5.74) is 0. The van der Waals surface area contributed by atoms with Gasteiger partial charge >= 0.3 is 62.4 Å². The smallest absolute Gasteiger partial charge is 0.465 e. The maximum atomic E-state index is 13.9. The predicted molar refractivity (Wildman–Crippen MR) is 129 cm³/mol. The van der Waals surface area contributed by atoms with Gasteiger partial charge in [-0.05, 0) is 27.2 Å². The summed E-state index contributed by atoms with van der Waals surface area (Å²) in [5, 5.41) is 2.32. The minimum Gasteiger partial charge on any atom is -0.465 e. The zero-order valence-electron chi connectivity index (χ0n) is 24.9. The minimum atomic E-state index is -8.73. The first kappa shape index (κ1) is 45.8. The zero-order valence-corrected chi connectivity index (χ0v) is 25.9. The van der Waals surface area contributed by atoms with E-state index in [2.05, 4.69) is 10.1 Å². The third kappa shape index (κ3) is 9.34. The maximum absolute atomic E-state index is 13.9. The van der Waals surface area contributed by atoms with E-state index >= 15 is 0 Å². The molecule has 0 aliphatic heterocycles. The van der Waals surface area contributed by atoms with Crippen molar-refractivity contribution in [1.29, 1.82) is 0 Å². The van der Waals surface area contributed by atoms with Crippen molar-refractivity contribution in [2.24, 2.45) is 0 Å². The van der Waals surface area contributed by atoms with Crippen molar-refractivity contribution in [3.63, 3.8) is 0 Å². The number of nitrogens with one attached hydrogen (secondary N) is 1. The molecule has 0 fully saturated rings. The Hall–Kier alpha value is -2.15. The van der Waals surface area contributed by atoms with E-state index in [0.29, 0.717) is 0 Å².